The lowest BCUT2D eigenvalue weighted by Crippen LogP contribution is -2.55. The molecular weight excluding hydrogens is 618 g/mol. The van der Waals surface area contributed by atoms with Crippen molar-refractivity contribution in [2.75, 3.05) is 41.0 Å². The second-order valence-corrected chi connectivity index (χ2v) is 14.5. The highest BCUT2D eigenvalue weighted by molar-refractivity contribution is 5.70. The highest BCUT2D eigenvalue weighted by Gasteiger charge is 2.25. The van der Waals surface area contributed by atoms with E-state index in [2.05, 4.69) is 38.2 Å². The van der Waals surface area contributed by atoms with Crippen LogP contribution in [0.5, 0.6) is 0 Å². The summed E-state index contributed by atoms with van der Waals surface area (Å²) in [4.78, 5) is 36.6. The first kappa shape index (κ1) is 46.8. The van der Waals surface area contributed by atoms with Crippen molar-refractivity contribution in [1.82, 2.24) is 0 Å². The van der Waals surface area contributed by atoms with E-state index in [-0.39, 0.29) is 42.7 Å². The van der Waals surface area contributed by atoms with Crippen molar-refractivity contribution in [3.63, 3.8) is 0 Å². The van der Waals surface area contributed by atoms with E-state index in [1.807, 2.05) is 0 Å². The van der Waals surface area contributed by atoms with Crippen LogP contribution in [0.15, 0.2) is 24.3 Å². The summed E-state index contributed by atoms with van der Waals surface area (Å²) in [6.07, 6.45) is 33.4. The van der Waals surface area contributed by atoms with Crippen molar-refractivity contribution in [2.45, 2.75) is 180 Å². The number of carboxylic acid groups (broad SMARTS) is 1. The van der Waals surface area contributed by atoms with Gasteiger partial charge in [-0.25, -0.2) is 0 Å². The normalized spacial score (nSPS) is 13.2. The lowest BCUT2D eigenvalue weighted by molar-refractivity contribution is -0.889. The Bertz CT molecular complexity index is 864. The first-order valence-electron chi connectivity index (χ1n) is 19.9. The van der Waals surface area contributed by atoms with Gasteiger partial charge in [-0.2, -0.15) is 0 Å². The minimum atomic E-state index is -1.13. The summed E-state index contributed by atoms with van der Waals surface area (Å²) >= 11 is 0. The van der Waals surface area contributed by atoms with Gasteiger partial charge in [0.15, 0.2) is 6.10 Å². The van der Waals surface area contributed by atoms with Gasteiger partial charge in [-0.1, -0.05) is 109 Å². The predicted octanol–water partition coefficient (Wildman–Crippen LogP) is 8.80. The van der Waals surface area contributed by atoms with E-state index in [9.17, 15) is 19.5 Å². The van der Waals surface area contributed by atoms with Crippen LogP contribution in [0.2, 0.25) is 0 Å². The number of hydrogen-bond acceptors (Lipinski definition) is 7. The number of allylic oxidation sites excluding steroid dienone is 4. The zero-order valence-electron chi connectivity index (χ0n) is 32.4. The maximum absolute atomic E-state index is 12.6. The number of hydrogen-bond donors (Lipinski definition) is 0. The molecule has 0 aromatic heterocycles. The van der Waals surface area contributed by atoms with E-state index in [4.69, 9.17) is 14.2 Å². The van der Waals surface area contributed by atoms with Gasteiger partial charge in [0.1, 0.15) is 12.6 Å². The molecule has 0 fully saturated rings. The zero-order chi connectivity index (χ0) is 36.4. The molecule has 0 radical (unpaired) electrons. The lowest BCUT2D eigenvalue weighted by Gasteiger charge is -2.34. The Morgan fingerprint density at radius 1 is 0.592 bits per heavy atom. The van der Waals surface area contributed by atoms with Gasteiger partial charge in [-0.3, -0.25) is 9.59 Å². The maximum atomic E-state index is 12.6. The standard InChI is InChI=1S/C41H75NO7/c1-6-8-10-12-14-16-18-20-22-24-26-28-30-32-40(44)49-37(35-47-34-33-38(41(45)46)42(3,4)5)36-48-39(43)31-29-27-25-23-21-19-17-15-13-11-9-7-2/h15,17,20,22,37-38H,6-14,16,18-19,21,23-36H2,1-5H3/b17-15+,22-20+. The summed E-state index contributed by atoms with van der Waals surface area (Å²) < 4.78 is 17.1. The van der Waals surface area contributed by atoms with Crippen molar-refractivity contribution < 1.29 is 38.2 Å². The number of quaternary nitrogens is 1. The molecule has 0 N–H and O–H groups in total. The van der Waals surface area contributed by atoms with E-state index in [0.717, 1.165) is 64.2 Å². The molecule has 2 atom stereocenters. The third kappa shape index (κ3) is 31.5. The van der Waals surface area contributed by atoms with Gasteiger partial charge in [0.05, 0.1) is 40.3 Å². The summed E-state index contributed by atoms with van der Waals surface area (Å²) in [7, 11) is 5.39. The summed E-state index contributed by atoms with van der Waals surface area (Å²) in [5, 5.41) is 11.6. The molecule has 0 bridgehead atoms. The largest absolute Gasteiger partial charge is 0.544 e. The van der Waals surface area contributed by atoms with Gasteiger partial charge in [0, 0.05) is 19.3 Å². The SMILES string of the molecule is CCCCC/C=C/CCCCCCCC(=O)OCC(COCCC(C(=O)[O-])[N+](C)(C)C)OC(=O)CCCCC/C=C/CCCCCCCC. The Labute approximate surface area is 301 Å². The van der Waals surface area contributed by atoms with Crippen LogP contribution in [0.4, 0.5) is 0 Å². The fraction of sp³-hybridized carbons (Fsp3) is 0.829. The van der Waals surface area contributed by atoms with Crippen LogP contribution in [-0.4, -0.2) is 75.5 Å². The number of carbonyl (C=O) groups is 3. The van der Waals surface area contributed by atoms with Crippen LogP contribution in [0, 0.1) is 0 Å². The minimum Gasteiger partial charge on any atom is -0.544 e. The quantitative estimate of drug-likeness (QED) is 0.0283. The molecule has 0 amide bonds. The van der Waals surface area contributed by atoms with E-state index in [0.29, 0.717) is 12.8 Å². The third-order valence-corrected chi connectivity index (χ3v) is 8.81. The number of unbranched alkanes of at least 4 members (excludes halogenated alkanes) is 17. The second kappa shape index (κ2) is 33.0. The first-order valence-corrected chi connectivity index (χ1v) is 19.9. The summed E-state index contributed by atoms with van der Waals surface area (Å²) in [6.45, 7) is 4.59. The van der Waals surface area contributed by atoms with E-state index < -0.39 is 18.1 Å². The number of likely N-dealkylation sites (N-methyl/N-ethyl adjacent to an activating group) is 1. The Kier molecular flexibility index (Phi) is 31.5. The molecule has 8 heteroatoms. The van der Waals surface area contributed by atoms with E-state index in [1.54, 1.807) is 21.1 Å². The van der Waals surface area contributed by atoms with Gasteiger partial charge < -0.3 is 28.6 Å². The molecule has 0 aliphatic heterocycles. The molecule has 0 aromatic rings. The molecule has 2 unspecified atom stereocenters. The number of ether oxygens (including phenoxy) is 3. The fourth-order valence-corrected chi connectivity index (χ4v) is 5.65. The number of rotatable bonds is 35. The number of carbonyl (C=O) groups excluding carboxylic acids is 3. The van der Waals surface area contributed by atoms with Crippen LogP contribution in [0.25, 0.3) is 0 Å². The third-order valence-electron chi connectivity index (χ3n) is 8.81. The zero-order valence-corrected chi connectivity index (χ0v) is 32.4. The van der Waals surface area contributed by atoms with Crippen molar-refractivity contribution in [3.8, 4) is 0 Å². The van der Waals surface area contributed by atoms with Gasteiger partial charge in [0.25, 0.3) is 0 Å². The van der Waals surface area contributed by atoms with Gasteiger partial charge in [-0.15, -0.1) is 0 Å². The van der Waals surface area contributed by atoms with E-state index in [1.165, 1.54) is 70.6 Å². The van der Waals surface area contributed by atoms with Crippen LogP contribution in [0.3, 0.4) is 0 Å². The molecule has 0 rings (SSSR count). The Morgan fingerprint density at radius 2 is 1.02 bits per heavy atom. The fourth-order valence-electron chi connectivity index (χ4n) is 5.65. The maximum Gasteiger partial charge on any atom is 0.306 e. The van der Waals surface area contributed by atoms with Crippen molar-refractivity contribution in [1.29, 1.82) is 0 Å². The summed E-state index contributed by atoms with van der Waals surface area (Å²) in [5.74, 6) is -1.77. The number of nitrogens with zero attached hydrogens (tertiary/aromatic N) is 1. The average molecular weight is 694 g/mol. The number of aliphatic carboxylic acids is 1. The molecule has 0 saturated carbocycles. The summed E-state index contributed by atoms with van der Waals surface area (Å²) in [5.41, 5.74) is 0. The Balaban J connectivity index is 4.44. The molecule has 0 saturated heterocycles. The molecule has 0 heterocycles. The smallest absolute Gasteiger partial charge is 0.306 e. The Morgan fingerprint density at radius 3 is 1.53 bits per heavy atom. The molecule has 49 heavy (non-hydrogen) atoms. The Hall–Kier alpha value is -2.19. The minimum absolute atomic E-state index is 0.0341. The van der Waals surface area contributed by atoms with Crippen LogP contribution in [0.1, 0.15) is 168 Å². The van der Waals surface area contributed by atoms with Crippen LogP contribution in [-0.2, 0) is 28.6 Å². The first-order chi connectivity index (χ1) is 23.6. The number of esters is 2. The van der Waals surface area contributed by atoms with Gasteiger partial charge >= 0.3 is 11.9 Å². The van der Waals surface area contributed by atoms with Crippen molar-refractivity contribution in [2.24, 2.45) is 0 Å². The van der Waals surface area contributed by atoms with Gasteiger partial charge in [-0.05, 0) is 64.2 Å². The topological polar surface area (TPSA) is 102 Å². The van der Waals surface area contributed by atoms with Crippen molar-refractivity contribution in [3.05, 3.63) is 24.3 Å². The van der Waals surface area contributed by atoms with E-state index >= 15 is 0 Å². The average Bonchev–Trinajstić information content (AvgIpc) is 3.05. The molecular formula is C41H75NO7. The molecule has 0 aromatic carbocycles. The lowest BCUT2D eigenvalue weighted by atomic mass is 10.1. The molecule has 8 nitrogen and oxygen atoms in total. The van der Waals surface area contributed by atoms with Gasteiger partial charge in [0.2, 0.25) is 0 Å². The molecule has 0 spiro atoms. The second-order valence-electron chi connectivity index (χ2n) is 14.5. The van der Waals surface area contributed by atoms with Crippen LogP contribution < -0.4 is 5.11 Å². The van der Waals surface area contributed by atoms with Crippen LogP contribution >= 0.6 is 0 Å². The monoisotopic (exact) mass is 694 g/mol. The predicted molar refractivity (Wildman–Crippen MR) is 199 cm³/mol. The highest BCUT2D eigenvalue weighted by atomic mass is 16.6. The molecule has 286 valence electrons. The number of carboxylic acids is 1. The molecule has 0 aliphatic rings. The highest BCUT2D eigenvalue weighted by Crippen LogP contribution is 2.12. The molecule has 0 aliphatic carbocycles. The van der Waals surface area contributed by atoms with Crippen molar-refractivity contribution >= 4 is 17.9 Å². The summed E-state index contributed by atoms with van der Waals surface area (Å²) in [6, 6.07) is -0.726.